The molecule has 1 saturated heterocycles. The van der Waals surface area contributed by atoms with E-state index in [0.717, 1.165) is 12.8 Å². The molecule has 1 aromatic rings. The molecule has 2 aliphatic rings. The fraction of sp³-hybridized carbons (Fsp3) is 0.667. The standard InChI is InChI=1S/C21H30F3N3O/c1-13(2)10-17(25)20(28)26-18-9-8-15-11-27(12-16(15)18)19(21(22,23)24)14-6-4-3-5-7-14/h3-7,13,15-19H,8-12,25H2,1-2H3,(H,26,28)/t15-,16+,17+,18+,19?/m0/s1. The molecule has 7 heteroatoms. The fourth-order valence-corrected chi connectivity index (χ4v) is 4.84. The molecule has 1 amide bonds. The number of halogens is 3. The van der Waals surface area contributed by atoms with Crippen LogP contribution in [0, 0.1) is 17.8 Å². The van der Waals surface area contributed by atoms with Crippen LogP contribution in [-0.2, 0) is 4.79 Å². The number of carbonyl (C=O) groups excluding carboxylic acids is 1. The molecule has 1 aromatic carbocycles. The lowest BCUT2D eigenvalue weighted by Gasteiger charge is -2.31. The van der Waals surface area contributed by atoms with Crippen molar-refractivity contribution in [1.29, 1.82) is 0 Å². The second-order valence-electron chi connectivity index (χ2n) is 8.66. The van der Waals surface area contributed by atoms with Crippen molar-refractivity contribution < 1.29 is 18.0 Å². The molecular weight excluding hydrogens is 367 g/mol. The Morgan fingerprint density at radius 2 is 1.89 bits per heavy atom. The van der Waals surface area contributed by atoms with Crippen molar-refractivity contribution in [2.75, 3.05) is 13.1 Å². The average molecular weight is 397 g/mol. The molecule has 2 fully saturated rings. The fourth-order valence-electron chi connectivity index (χ4n) is 4.84. The predicted molar refractivity (Wildman–Crippen MR) is 102 cm³/mol. The van der Waals surface area contributed by atoms with Crippen LogP contribution in [0.1, 0.15) is 44.7 Å². The molecule has 4 nitrogen and oxygen atoms in total. The first-order valence-electron chi connectivity index (χ1n) is 10.1. The lowest BCUT2D eigenvalue weighted by atomic mass is 9.97. The van der Waals surface area contributed by atoms with Crippen LogP contribution < -0.4 is 11.1 Å². The van der Waals surface area contributed by atoms with Crippen LogP contribution in [0.15, 0.2) is 30.3 Å². The molecule has 3 N–H and O–H groups in total. The van der Waals surface area contributed by atoms with Crippen LogP contribution in [0.2, 0.25) is 0 Å². The van der Waals surface area contributed by atoms with Gasteiger partial charge in [-0.1, -0.05) is 44.2 Å². The van der Waals surface area contributed by atoms with Crippen molar-refractivity contribution in [3.63, 3.8) is 0 Å². The Morgan fingerprint density at radius 3 is 2.50 bits per heavy atom. The first kappa shape index (κ1) is 21.1. The van der Waals surface area contributed by atoms with Gasteiger partial charge in [-0.2, -0.15) is 13.2 Å². The summed E-state index contributed by atoms with van der Waals surface area (Å²) in [7, 11) is 0. The molecule has 0 spiro atoms. The van der Waals surface area contributed by atoms with E-state index >= 15 is 0 Å². The van der Waals surface area contributed by atoms with Gasteiger partial charge in [0, 0.05) is 19.1 Å². The first-order valence-corrected chi connectivity index (χ1v) is 10.1. The van der Waals surface area contributed by atoms with E-state index in [0.29, 0.717) is 25.4 Å². The maximum atomic E-state index is 13.8. The minimum Gasteiger partial charge on any atom is -0.352 e. The number of likely N-dealkylation sites (tertiary alicyclic amines) is 1. The van der Waals surface area contributed by atoms with Crippen LogP contribution in [0.5, 0.6) is 0 Å². The van der Waals surface area contributed by atoms with Crippen molar-refractivity contribution >= 4 is 5.91 Å². The summed E-state index contributed by atoms with van der Waals surface area (Å²) in [6, 6.07) is 5.83. The van der Waals surface area contributed by atoms with Gasteiger partial charge in [0.1, 0.15) is 6.04 Å². The Balaban J connectivity index is 1.68. The van der Waals surface area contributed by atoms with Crippen LogP contribution in [0.4, 0.5) is 13.2 Å². The molecule has 1 saturated carbocycles. The Labute approximate surface area is 164 Å². The zero-order chi connectivity index (χ0) is 20.5. The molecule has 0 bridgehead atoms. The highest BCUT2D eigenvalue weighted by atomic mass is 19.4. The van der Waals surface area contributed by atoms with Crippen LogP contribution in [0.3, 0.4) is 0 Å². The van der Waals surface area contributed by atoms with Gasteiger partial charge in [-0.25, -0.2) is 0 Å². The van der Waals surface area contributed by atoms with E-state index in [2.05, 4.69) is 5.32 Å². The first-order chi connectivity index (χ1) is 13.2. The van der Waals surface area contributed by atoms with Crippen LogP contribution in [-0.4, -0.2) is 42.2 Å². The smallest absolute Gasteiger partial charge is 0.352 e. The number of nitrogens with two attached hydrogens (primary N) is 1. The monoisotopic (exact) mass is 397 g/mol. The normalized spacial score (nSPS) is 27.6. The summed E-state index contributed by atoms with van der Waals surface area (Å²) in [4.78, 5) is 13.9. The molecule has 5 atom stereocenters. The van der Waals surface area contributed by atoms with E-state index in [9.17, 15) is 18.0 Å². The summed E-state index contributed by atoms with van der Waals surface area (Å²) in [6.45, 7) is 4.77. The summed E-state index contributed by atoms with van der Waals surface area (Å²) in [5, 5.41) is 3.02. The second-order valence-corrected chi connectivity index (χ2v) is 8.66. The van der Waals surface area contributed by atoms with Gasteiger partial charge in [0.05, 0.1) is 6.04 Å². The Bertz CT molecular complexity index is 665. The van der Waals surface area contributed by atoms with Crippen LogP contribution >= 0.6 is 0 Å². The molecule has 3 rings (SSSR count). The number of nitrogens with zero attached hydrogens (tertiary/aromatic N) is 1. The number of benzene rings is 1. The molecule has 1 unspecified atom stereocenters. The summed E-state index contributed by atoms with van der Waals surface area (Å²) in [5.74, 6) is 0.356. The van der Waals surface area contributed by atoms with Gasteiger partial charge in [0.25, 0.3) is 0 Å². The quantitative estimate of drug-likeness (QED) is 0.773. The summed E-state index contributed by atoms with van der Waals surface area (Å²) in [5.41, 5.74) is 6.24. The number of alkyl halides is 3. The molecule has 0 radical (unpaired) electrons. The average Bonchev–Trinajstić information content (AvgIpc) is 3.16. The molecule has 156 valence electrons. The summed E-state index contributed by atoms with van der Waals surface area (Å²) in [6.07, 6.45) is -2.09. The van der Waals surface area contributed by atoms with E-state index in [1.807, 2.05) is 13.8 Å². The number of fused-ring (bicyclic) bond motifs is 1. The second kappa shape index (κ2) is 8.41. The molecule has 1 aliphatic carbocycles. The van der Waals surface area contributed by atoms with E-state index in [-0.39, 0.29) is 29.3 Å². The summed E-state index contributed by atoms with van der Waals surface area (Å²) < 4.78 is 41.5. The van der Waals surface area contributed by atoms with Crippen molar-refractivity contribution in [2.45, 2.75) is 57.4 Å². The van der Waals surface area contributed by atoms with Gasteiger partial charge < -0.3 is 11.1 Å². The maximum Gasteiger partial charge on any atom is 0.408 e. The third-order valence-corrected chi connectivity index (χ3v) is 6.07. The SMILES string of the molecule is CC(C)C[C@@H](N)C(=O)N[C@@H]1CC[C@H]2CN(C(c3ccccc3)C(F)(F)F)C[C@H]21. The number of hydrogen-bond donors (Lipinski definition) is 2. The zero-order valence-corrected chi connectivity index (χ0v) is 16.5. The molecule has 28 heavy (non-hydrogen) atoms. The number of carbonyl (C=O) groups is 1. The van der Waals surface area contributed by atoms with Crippen molar-refractivity contribution in [3.05, 3.63) is 35.9 Å². The largest absolute Gasteiger partial charge is 0.408 e. The van der Waals surface area contributed by atoms with Crippen molar-refractivity contribution in [3.8, 4) is 0 Å². The summed E-state index contributed by atoms with van der Waals surface area (Å²) >= 11 is 0. The van der Waals surface area contributed by atoms with Crippen molar-refractivity contribution in [2.24, 2.45) is 23.5 Å². The highest BCUT2D eigenvalue weighted by Crippen LogP contribution is 2.45. The van der Waals surface area contributed by atoms with Gasteiger partial charge in [-0.3, -0.25) is 9.69 Å². The van der Waals surface area contributed by atoms with E-state index in [4.69, 9.17) is 5.73 Å². The maximum absolute atomic E-state index is 13.8. The third-order valence-electron chi connectivity index (χ3n) is 6.07. The highest BCUT2D eigenvalue weighted by molar-refractivity contribution is 5.81. The minimum atomic E-state index is -4.33. The Morgan fingerprint density at radius 1 is 1.21 bits per heavy atom. The van der Waals surface area contributed by atoms with Crippen LogP contribution in [0.25, 0.3) is 0 Å². The highest BCUT2D eigenvalue weighted by Gasteiger charge is 2.51. The predicted octanol–water partition coefficient (Wildman–Crippen LogP) is 3.49. The lowest BCUT2D eigenvalue weighted by Crippen LogP contribution is -2.48. The van der Waals surface area contributed by atoms with Gasteiger partial charge in [0.2, 0.25) is 5.91 Å². The molecule has 1 aliphatic heterocycles. The Kier molecular flexibility index (Phi) is 6.34. The zero-order valence-electron chi connectivity index (χ0n) is 16.5. The lowest BCUT2D eigenvalue weighted by molar-refractivity contribution is -0.184. The molecule has 1 heterocycles. The van der Waals surface area contributed by atoms with Gasteiger partial charge in [-0.05, 0) is 42.6 Å². The topological polar surface area (TPSA) is 58.4 Å². The number of hydrogen-bond acceptors (Lipinski definition) is 3. The molecule has 0 aromatic heterocycles. The Hall–Kier alpha value is -1.60. The third kappa shape index (κ3) is 4.69. The van der Waals surface area contributed by atoms with Crippen molar-refractivity contribution in [1.82, 2.24) is 10.2 Å². The number of nitrogens with one attached hydrogen (secondary N) is 1. The van der Waals surface area contributed by atoms with E-state index in [1.54, 1.807) is 18.2 Å². The van der Waals surface area contributed by atoms with Gasteiger partial charge in [0.15, 0.2) is 0 Å². The number of rotatable bonds is 6. The van der Waals surface area contributed by atoms with Gasteiger partial charge >= 0.3 is 6.18 Å². The minimum absolute atomic E-state index is 0.0452. The van der Waals surface area contributed by atoms with Gasteiger partial charge in [-0.15, -0.1) is 0 Å². The van der Waals surface area contributed by atoms with E-state index < -0.39 is 18.3 Å². The number of amides is 1. The van der Waals surface area contributed by atoms with E-state index in [1.165, 1.54) is 17.0 Å². The molecular formula is C21H30F3N3O.